The number of hydrogen-bond donors (Lipinski definition) is 1. The topological polar surface area (TPSA) is 38.3 Å². The first-order chi connectivity index (χ1) is 4.77. The molecule has 3 nitrogen and oxygen atoms in total. The average Bonchev–Trinajstić information content (AvgIpc) is 2.43. The van der Waals surface area contributed by atoms with E-state index in [1.165, 1.54) is 40.0 Å². The zero-order chi connectivity index (χ0) is 7.82. The Morgan fingerprint density at radius 3 is 1.90 bits per heavy atom. The van der Waals surface area contributed by atoms with Gasteiger partial charge >= 0.3 is 5.97 Å². The normalized spacial score (nSPS) is 15.4. The summed E-state index contributed by atoms with van der Waals surface area (Å²) in [5, 5.41) is 3.22. The molecule has 0 unspecified atom stereocenters. The van der Waals surface area contributed by atoms with Gasteiger partial charge in [0.25, 0.3) is 0 Å². The average molecular weight is 145 g/mol. The van der Waals surface area contributed by atoms with Crippen LogP contribution >= 0.6 is 0 Å². The SMILES string of the molecule is C1CCNC1.COC(C)=O. The van der Waals surface area contributed by atoms with Crippen molar-refractivity contribution in [2.75, 3.05) is 20.2 Å². The van der Waals surface area contributed by atoms with Crippen molar-refractivity contribution in [1.29, 1.82) is 0 Å². The number of nitrogens with one attached hydrogen (secondary N) is 1. The monoisotopic (exact) mass is 145 g/mol. The molecule has 0 bridgehead atoms. The van der Waals surface area contributed by atoms with E-state index in [2.05, 4.69) is 10.1 Å². The van der Waals surface area contributed by atoms with Crippen LogP contribution in [-0.2, 0) is 9.53 Å². The Hall–Kier alpha value is -0.570. The Balaban J connectivity index is 0.000000162. The van der Waals surface area contributed by atoms with Gasteiger partial charge in [0.15, 0.2) is 0 Å². The molecule has 1 saturated heterocycles. The molecule has 1 fully saturated rings. The summed E-state index contributed by atoms with van der Waals surface area (Å²) in [5.74, 6) is -0.245. The van der Waals surface area contributed by atoms with Crippen LogP contribution in [0.1, 0.15) is 19.8 Å². The highest BCUT2D eigenvalue weighted by Crippen LogP contribution is 1.90. The van der Waals surface area contributed by atoms with Crippen LogP contribution in [0.15, 0.2) is 0 Å². The Kier molecular flexibility index (Phi) is 6.18. The summed E-state index contributed by atoms with van der Waals surface area (Å²) < 4.78 is 4.11. The first-order valence-corrected chi connectivity index (χ1v) is 3.52. The van der Waals surface area contributed by atoms with Gasteiger partial charge in [-0.15, -0.1) is 0 Å². The van der Waals surface area contributed by atoms with Crippen molar-refractivity contribution >= 4 is 5.97 Å². The van der Waals surface area contributed by atoms with Crippen molar-refractivity contribution in [1.82, 2.24) is 5.32 Å². The number of methoxy groups -OCH3 is 1. The fourth-order valence-corrected chi connectivity index (χ4v) is 0.625. The van der Waals surface area contributed by atoms with Crippen LogP contribution in [0.25, 0.3) is 0 Å². The molecule has 1 N–H and O–H groups in total. The maximum absolute atomic E-state index is 9.59. The molecule has 0 aliphatic carbocycles. The Morgan fingerprint density at radius 1 is 1.40 bits per heavy atom. The summed E-state index contributed by atoms with van der Waals surface area (Å²) in [5.41, 5.74) is 0. The summed E-state index contributed by atoms with van der Waals surface area (Å²) in [6.07, 6.45) is 2.78. The van der Waals surface area contributed by atoms with Gasteiger partial charge < -0.3 is 10.1 Å². The zero-order valence-electron chi connectivity index (χ0n) is 6.64. The minimum absolute atomic E-state index is 0.245. The number of rotatable bonds is 0. The van der Waals surface area contributed by atoms with Crippen LogP contribution in [0.3, 0.4) is 0 Å². The highest BCUT2D eigenvalue weighted by Gasteiger charge is 1.93. The highest BCUT2D eigenvalue weighted by molar-refractivity contribution is 5.65. The Labute approximate surface area is 61.8 Å². The summed E-state index contributed by atoms with van der Waals surface area (Å²) in [6, 6.07) is 0. The summed E-state index contributed by atoms with van der Waals surface area (Å²) in [6.45, 7) is 3.86. The van der Waals surface area contributed by atoms with Crippen LogP contribution in [0.2, 0.25) is 0 Å². The molecule has 0 spiro atoms. The maximum Gasteiger partial charge on any atom is 0.302 e. The van der Waals surface area contributed by atoms with Crippen LogP contribution in [0, 0.1) is 0 Å². The summed E-state index contributed by atoms with van der Waals surface area (Å²) >= 11 is 0. The van der Waals surface area contributed by atoms with Crippen LogP contribution < -0.4 is 5.32 Å². The molecule has 0 saturated carbocycles. The quantitative estimate of drug-likeness (QED) is 0.506. The molecule has 1 rings (SSSR count). The van der Waals surface area contributed by atoms with E-state index in [9.17, 15) is 4.79 Å². The van der Waals surface area contributed by atoms with Crippen LogP contribution in [0.4, 0.5) is 0 Å². The lowest BCUT2D eigenvalue weighted by Gasteiger charge is -1.80. The lowest BCUT2D eigenvalue weighted by Crippen LogP contribution is -2.03. The minimum Gasteiger partial charge on any atom is -0.469 e. The number of hydrogen-bond acceptors (Lipinski definition) is 3. The second kappa shape index (κ2) is 6.55. The molecular formula is C7H15NO2. The zero-order valence-corrected chi connectivity index (χ0v) is 6.64. The largest absolute Gasteiger partial charge is 0.469 e. The molecule has 0 amide bonds. The third-order valence-corrected chi connectivity index (χ3v) is 1.24. The van der Waals surface area contributed by atoms with Gasteiger partial charge in [-0.25, -0.2) is 0 Å². The molecule has 0 aromatic heterocycles. The predicted molar refractivity (Wildman–Crippen MR) is 39.8 cm³/mol. The smallest absolute Gasteiger partial charge is 0.302 e. The molecule has 1 aliphatic heterocycles. The van der Waals surface area contributed by atoms with Crippen molar-refractivity contribution < 1.29 is 9.53 Å². The number of carbonyl (C=O) groups excluding carboxylic acids is 1. The van der Waals surface area contributed by atoms with Gasteiger partial charge in [-0.2, -0.15) is 0 Å². The predicted octanol–water partition coefficient (Wildman–Crippen LogP) is 0.549. The summed E-state index contributed by atoms with van der Waals surface area (Å²) in [7, 11) is 1.35. The maximum atomic E-state index is 9.59. The minimum atomic E-state index is -0.245. The molecule has 0 aromatic carbocycles. The van der Waals surface area contributed by atoms with Gasteiger partial charge in [-0.1, -0.05) is 0 Å². The second-order valence-electron chi connectivity index (χ2n) is 2.15. The molecule has 1 aliphatic rings. The highest BCUT2D eigenvalue weighted by atomic mass is 16.5. The van der Waals surface area contributed by atoms with E-state index < -0.39 is 0 Å². The van der Waals surface area contributed by atoms with Crippen molar-refractivity contribution in [3.63, 3.8) is 0 Å². The second-order valence-corrected chi connectivity index (χ2v) is 2.15. The van der Waals surface area contributed by atoms with Gasteiger partial charge in [0.05, 0.1) is 7.11 Å². The Morgan fingerprint density at radius 2 is 1.80 bits per heavy atom. The van der Waals surface area contributed by atoms with Crippen molar-refractivity contribution in [3.05, 3.63) is 0 Å². The van der Waals surface area contributed by atoms with Crippen LogP contribution in [-0.4, -0.2) is 26.2 Å². The molecule has 1 heterocycles. The van der Waals surface area contributed by atoms with Gasteiger partial charge in [-0.05, 0) is 25.9 Å². The van der Waals surface area contributed by atoms with Gasteiger partial charge in [0.1, 0.15) is 0 Å². The fraction of sp³-hybridized carbons (Fsp3) is 0.857. The molecule has 0 radical (unpaired) electrons. The van der Waals surface area contributed by atoms with E-state index in [4.69, 9.17) is 0 Å². The van der Waals surface area contributed by atoms with E-state index in [1.54, 1.807) is 0 Å². The van der Waals surface area contributed by atoms with Gasteiger partial charge in [0.2, 0.25) is 0 Å². The molecule has 10 heavy (non-hydrogen) atoms. The van der Waals surface area contributed by atoms with Crippen molar-refractivity contribution in [2.45, 2.75) is 19.8 Å². The fourth-order valence-electron chi connectivity index (χ4n) is 0.625. The first-order valence-electron chi connectivity index (χ1n) is 3.52. The first kappa shape index (κ1) is 9.43. The third kappa shape index (κ3) is 7.43. The standard InChI is InChI=1S/C4H9N.C3H6O2/c1-2-4-5-3-1;1-3(4)5-2/h5H,1-4H2;1-2H3. The van der Waals surface area contributed by atoms with Crippen molar-refractivity contribution in [2.24, 2.45) is 0 Å². The number of esters is 1. The van der Waals surface area contributed by atoms with E-state index >= 15 is 0 Å². The molecule has 0 atom stereocenters. The van der Waals surface area contributed by atoms with Gasteiger partial charge in [-0.3, -0.25) is 4.79 Å². The molecular weight excluding hydrogens is 130 g/mol. The van der Waals surface area contributed by atoms with E-state index in [0.29, 0.717) is 0 Å². The summed E-state index contributed by atoms with van der Waals surface area (Å²) in [4.78, 5) is 9.59. The van der Waals surface area contributed by atoms with Crippen LogP contribution in [0.5, 0.6) is 0 Å². The lowest BCUT2D eigenvalue weighted by atomic mass is 10.4. The number of carbonyl (C=O) groups is 1. The number of ether oxygens (including phenoxy) is 1. The molecule has 60 valence electrons. The third-order valence-electron chi connectivity index (χ3n) is 1.24. The van der Waals surface area contributed by atoms with E-state index in [0.717, 1.165) is 0 Å². The molecule has 0 aromatic rings. The molecule has 3 heteroatoms. The van der Waals surface area contributed by atoms with Gasteiger partial charge in [0, 0.05) is 6.92 Å². The lowest BCUT2D eigenvalue weighted by molar-refractivity contribution is -0.137. The van der Waals surface area contributed by atoms with Crippen molar-refractivity contribution in [3.8, 4) is 0 Å². The Bertz CT molecular complexity index is 82.0. The van der Waals surface area contributed by atoms with E-state index in [-0.39, 0.29) is 5.97 Å². The van der Waals surface area contributed by atoms with E-state index in [1.807, 2.05) is 0 Å².